The highest BCUT2D eigenvalue weighted by atomic mass is 127. The number of nitrogens with zero attached hydrogens (tertiary/aromatic N) is 1. The van der Waals surface area contributed by atoms with Crippen molar-refractivity contribution in [3.8, 4) is 0 Å². The van der Waals surface area contributed by atoms with Gasteiger partial charge < -0.3 is 10.6 Å². The van der Waals surface area contributed by atoms with Crippen molar-refractivity contribution in [2.45, 2.75) is 40.3 Å². The Labute approximate surface area is 138 Å². The number of hydrogen-bond acceptors (Lipinski definition) is 1. The van der Waals surface area contributed by atoms with Crippen LogP contribution in [-0.2, 0) is 6.54 Å². The molecule has 114 valence electrons. The predicted molar refractivity (Wildman–Crippen MR) is 94.1 cm³/mol. The average molecular weight is 393 g/mol. The molecule has 1 unspecified atom stereocenters. The minimum Gasteiger partial charge on any atom is -0.357 e. The first-order valence-corrected chi connectivity index (χ1v) is 6.82. The number of nitrogens with one attached hydrogen (secondary N) is 2. The molecule has 1 rings (SSSR count). The summed E-state index contributed by atoms with van der Waals surface area (Å²) in [6, 6.07) is 6.79. The van der Waals surface area contributed by atoms with Crippen LogP contribution in [-0.4, -0.2) is 18.5 Å². The molecule has 0 radical (unpaired) electrons. The molecular weight excluding hydrogens is 368 g/mol. The standard InChI is InChI=1S/C15H24FN3.HI/c1-5-17-15(19-12(4)11(2)3)18-10-13-6-8-14(16)9-7-13;/h6-9,11-12H,5,10H2,1-4H3,(H2,17,18,19);1H. The first-order chi connectivity index (χ1) is 9.02. The Morgan fingerprint density at radius 2 is 1.80 bits per heavy atom. The van der Waals surface area contributed by atoms with Crippen LogP contribution >= 0.6 is 24.0 Å². The number of aliphatic imine (C=N–C) groups is 1. The smallest absolute Gasteiger partial charge is 0.191 e. The van der Waals surface area contributed by atoms with Crippen molar-refractivity contribution in [3.63, 3.8) is 0 Å². The Balaban J connectivity index is 0.00000361. The zero-order valence-electron chi connectivity index (χ0n) is 12.6. The molecule has 0 saturated heterocycles. The Morgan fingerprint density at radius 1 is 1.20 bits per heavy atom. The first kappa shape index (κ1) is 19.1. The normalized spacial score (nSPS) is 12.8. The van der Waals surface area contributed by atoms with Crippen molar-refractivity contribution in [1.82, 2.24) is 10.6 Å². The third-order valence-corrected chi connectivity index (χ3v) is 3.04. The molecule has 0 aliphatic rings. The third kappa shape index (κ3) is 7.07. The van der Waals surface area contributed by atoms with Crippen LogP contribution in [0.15, 0.2) is 29.3 Å². The maximum atomic E-state index is 12.8. The molecule has 20 heavy (non-hydrogen) atoms. The Kier molecular flexibility index (Phi) is 9.54. The van der Waals surface area contributed by atoms with E-state index in [0.29, 0.717) is 18.5 Å². The molecule has 1 aromatic carbocycles. The van der Waals surface area contributed by atoms with Crippen molar-refractivity contribution >= 4 is 29.9 Å². The Hall–Kier alpha value is -0.850. The lowest BCUT2D eigenvalue weighted by atomic mass is 10.1. The molecule has 1 atom stereocenters. The van der Waals surface area contributed by atoms with Gasteiger partial charge in [0.05, 0.1) is 6.54 Å². The van der Waals surface area contributed by atoms with Crippen molar-refractivity contribution in [2.24, 2.45) is 10.9 Å². The fourth-order valence-electron chi connectivity index (χ4n) is 1.46. The van der Waals surface area contributed by atoms with Gasteiger partial charge in [0.15, 0.2) is 5.96 Å². The summed E-state index contributed by atoms with van der Waals surface area (Å²) in [5, 5.41) is 6.58. The van der Waals surface area contributed by atoms with Crippen LogP contribution in [0.1, 0.15) is 33.3 Å². The van der Waals surface area contributed by atoms with Gasteiger partial charge in [-0.2, -0.15) is 0 Å². The van der Waals surface area contributed by atoms with Gasteiger partial charge in [0.1, 0.15) is 5.82 Å². The average Bonchev–Trinajstić information content (AvgIpc) is 2.37. The molecule has 0 aliphatic carbocycles. The third-order valence-electron chi connectivity index (χ3n) is 3.04. The fraction of sp³-hybridized carbons (Fsp3) is 0.533. The molecule has 0 saturated carbocycles. The lowest BCUT2D eigenvalue weighted by Gasteiger charge is -2.20. The molecule has 5 heteroatoms. The number of guanidine groups is 1. The van der Waals surface area contributed by atoms with Gasteiger partial charge in [0.2, 0.25) is 0 Å². The van der Waals surface area contributed by atoms with Crippen LogP contribution in [0, 0.1) is 11.7 Å². The lowest BCUT2D eigenvalue weighted by Crippen LogP contribution is -2.44. The quantitative estimate of drug-likeness (QED) is 0.456. The first-order valence-electron chi connectivity index (χ1n) is 6.82. The van der Waals surface area contributed by atoms with Crippen LogP contribution in [0.4, 0.5) is 4.39 Å². The Bertz CT molecular complexity index is 404. The molecule has 3 nitrogen and oxygen atoms in total. The molecule has 0 fully saturated rings. The van der Waals surface area contributed by atoms with E-state index in [1.54, 1.807) is 12.1 Å². The summed E-state index contributed by atoms with van der Waals surface area (Å²) in [6.07, 6.45) is 0. The van der Waals surface area contributed by atoms with Gasteiger partial charge in [-0.3, -0.25) is 0 Å². The van der Waals surface area contributed by atoms with E-state index in [0.717, 1.165) is 18.1 Å². The second kappa shape index (κ2) is 9.96. The molecular formula is C15H25FIN3. The zero-order valence-corrected chi connectivity index (χ0v) is 14.9. The predicted octanol–water partition coefficient (Wildman–Crippen LogP) is 3.54. The second-order valence-electron chi connectivity index (χ2n) is 5.00. The summed E-state index contributed by atoms with van der Waals surface area (Å²) < 4.78 is 12.8. The van der Waals surface area contributed by atoms with Crippen LogP contribution in [0.2, 0.25) is 0 Å². The van der Waals surface area contributed by atoms with Crippen LogP contribution < -0.4 is 10.6 Å². The van der Waals surface area contributed by atoms with Crippen LogP contribution in [0.25, 0.3) is 0 Å². The zero-order chi connectivity index (χ0) is 14.3. The molecule has 0 bridgehead atoms. The summed E-state index contributed by atoms with van der Waals surface area (Å²) in [4.78, 5) is 4.51. The summed E-state index contributed by atoms with van der Waals surface area (Å²) in [7, 11) is 0. The molecule has 0 aromatic heterocycles. The van der Waals surface area contributed by atoms with Gasteiger partial charge in [0.25, 0.3) is 0 Å². The largest absolute Gasteiger partial charge is 0.357 e. The van der Waals surface area contributed by atoms with Gasteiger partial charge in [-0.15, -0.1) is 24.0 Å². The van der Waals surface area contributed by atoms with Gasteiger partial charge >= 0.3 is 0 Å². The molecule has 0 aliphatic heterocycles. The highest BCUT2D eigenvalue weighted by Crippen LogP contribution is 2.04. The van der Waals surface area contributed by atoms with Crippen molar-refractivity contribution in [3.05, 3.63) is 35.6 Å². The van der Waals surface area contributed by atoms with E-state index in [9.17, 15) is 4.39 Å². The van der Waals surface area contributed by atoms with E-state index in [1.165, 1.54) is 12.1 Å². The lowest BCUT2D eigenvalue weighted by molar-refractivity contribution is 0.481. The molecule has 1 aromatic rings. The van der Waals surface area contributed by atoms with Gasteiger partial charge in [0, 0.05) is 12.6 Å². The van der Waals surface area contributed by atoms with Crippen LogP contribution in [0.5, 0.6) is 0 Å². The SMILES string of the molecule is CCNC(=NCc1ccc(F)cc1)NC(C)C(C)C.I. The monoisotopic (exact) mass is 393 g/mol. The maximum Gasteiger partial charge on any atom is 0.191 e. The minimum absolute atomic E-state index is 0. The highest BCUT2D eigenvalue weighted by molar-refractivity contribution is 14.0. The maximum absolute atomic E-state index is 12.8. The van der Waals surface area contributed by atoms with E-state index in [2.05, 4.69) is 36.4 Å². The van der Waals surface area contributed by atoms with E-state index in [4.69, 9.17) is 0 Å². The number of benzene rings is 1. The highest BCUT2D eigenvalue weighted by Gasteiger charge is 2.08. The topological polar surface area (TPSA) is 36.4 Å². The molecule has 2 N–H and O–H groups in total. The Morgan fingerprint density at radius 3 is 2.30 bits per heavy atom. The number of halogens is 2. The summed E-state index contributed by atoms with van der Waals surface area (Å²) in [5.74, 6) is 1.12. The van der Waals surface area contributed by atoms with Crippen LogP contribution in [0.3, 0.4) is 0 Å². The summed E-state index contributed by atoms with van der Waals surface area (Å²) >= 11 is 0. The van der Waals surface area contributed by atoms with Crippen molar-refractivity contribution < 1.29 is 4.39 Å². The van der Waals surface area contributed by atoms with Crippen molar-refractivity contribution in [1.29, 1.82) is 0 Å². The molecule has 0 heterocycles. The summed E-state index contributed by atoms with van der Waals surface area (Å²) in [5.41, 5.74) is 0.996. The van der Waals surface area contributed by atoms with Gasteiger partial charge in [-0.25, -0.2) is 9.38 Å². The van der Waals surface area contributed by atoms with E-state index in [-0.39, 0.29) is 29.8 Å². The molecule has 0 amide bonds. The van der Waals surface area contributed by atoms with E-state index < -0.39 is 0 Å². The summed E-state index contributed by atoms with van der Waals surface area (Å²) in [6.45, 7) is 9.87. The molecule has 0 spiro atoms. The number of rotatable bonds is 5. The van der Waals surface area contributed by atoms with Crippen molar-refractivity contribution in [2.75, 3.05) is 6.54 Å². The second-order valence-corrected chi connectivity index (χ2v) is 5.00. The fourth-order valence-corrected chi connectivity index (χ4v) is 1.46. The van der Waals surface area contributed by atoms with E-state index in [1.807, 2.05) is 6.92 Å². The van der Waals surface area contributed by atoms with Gasteiger partial charge in [-0.05, 0) is 37.5 Å². The van der Waals surface area contributed by atoms with Gasteiger partial charge in [-0.1, -0.05) is 26.0 Å². The van der Waals surface area contributed by atoms with E-state index >= 15 is 0 Å². The minimum atomic E-state index is -0.216. The number of hydrogen-bond donors (Lipinski definition) is 2.